The van der Waals surface area contributed by atoms with E-state index >= 15 is 0 Å². The number of halogens is 2. The number of fused-ring (bicyclic) bond motifs is 1. The number of benzene rings is 2. The largest absolute Gasteiger partial charge is 0.508 e. The Kier molecular flexibility index (Phi) is 6.23. The van der Waals surface area contributed by atoms with Crippen LogP contribution in [-0.4, -0.2) is 42.7 Å². The predicted molar refractivity (Wildman–Crippen MR) is 121 cm³/mol. The Morgan fingerprint density at radius 3 is 2.55 bits per heavy atom. The second kappa shape index (κ2) is 8.62. The molecule has 1 aliphatic carbocycles. The van der Waals surface area contributed by atoms with E-state index in [0.717, 1.165) is 30.2 Å². The second-order valence-electron chi connectivity index (χ2n) is 8.29. The third kappa shape index (κ3) is 4.70. The molecule has 2 aliphatic rings. The Bertz CT molecular complexity index is 1120. The summed E-state index contributed by atoms with van der Waals surface area (Å²) in [6.07, 6.45) is 4.74. The van der Waals surface area contributed by atoms with Gasteiger partial charge in [0.15, 0.2) is 0 Å². The molecule has 0 spiro atoms. The van der Waals surface area contributed by atoms with E-state index < -0.39 is 16.1 Å². The molecular weight excluding hydrogens is 459 g/mol. The highest BCUT2D eigenvalue weighted by atomic mass is 35.5. The maximum Gasteiger partial charge on any atom is 0.254 e. The minimum Gasteiger partial charge on any atom is -0.508 e. The molecule has 166 valence electrons. The fourth-order valence-electron chi connectivity index (χ4n) is 4.81. The predicted octanol–water partition coefficient (Wildman–Crippen LogP) is 4.30. The molecule has 2 N–H and O–H groups in total. The number of sulfonamides is 1. The molecular formula is C22H24Cl2N2O4S. The van der Waals surface area contributed by atoms with E-state index in [0.29, 0.717) is 34.9 Å². The number of amides is 1. The van der Waals surface area contributed by atoms with Crippen LogP contribution in [0.4, 0.5) is 0 Å². The van der Waals surface area contributed by atoms with Crippen molar-refractivity contribution in [3.8, 4) is 5.75 Å². The van der Waals surface area contributed by atoms with Crippen molar-refractivity contribution in [3.63, 3.8) is 0 Å². The van der Waals surface area contributed by atoms with Crippen LogP contribution in [0.5, 0.6) is 5.75 Å². The molecule has 1 amide bonds. The highest BCUT2D eigenvalue weighted by molar-refractivity contribution is 7.88. The number of hydrogen-bond donors (Lipinski definition) is 2. The van der Waals surface area contributed by atoms with Crippen LogP contribution >= 0.6 is 23.2 Å². The molecule has 0 unspecified atom stereocenters. The Balaban J connectivity index is 1.82. The number of rotatable bonds is 4. The summed E-state index contributed by atoms with van der Waals surface area (Å²) >= 11 is 12.6. The molecule has 1 fully saturated rings. The normalized spacial score (nSPS) is 24.2. The molecule has 31 heavy (non-hydrogen) atoms. The molecule has 2 aromatic carbocycles. The number of phenols is 1. The van der Waals surface area contributed by atoms with Crippen LogP contribution in [0.15, 0.2) is 36.4 Å². The SMILES string of the molecule is CS(=O)(=O)N[C@H]1CCCC[C@@H]1N1C(=O)c2ccc(O)cc2C[C@@H]1c1ccc(Cl)cc1Cl. The Morgan fingerprint density at radius 2 is 1.84 bits per heavy atom. The first-order valence-corrected chi connectivity index (χ1v) is 12.9. The fourth-order valence-corrected chi connectivity index (χ4v) is 6.17. The first-order chi connectivity index (χ1) is 14.6. The molecule has 6 nitrogen and oxygen atoms in total. The molecule has 3 atom stereocenters. The summed E-state index contributed by atoms with van der Waals surface area (Å²) in [6, 6.07) is 8.83. The van der Waals surface area contributed by atoms with Gasteiger partial charge in [0.25, 0.3) is 5.91 Å². The molecule has 0 saturated heterocycles. The van der Waals surface area contributed by atoms with Gasteiger partial charge in [0.2, 0.25) is 10.0 Å². The first kappa shape index (κ1) is 22.4. The van der Waals surface area contributed by atoms with Crippen LogP contribution in [0.3, 0.4) is 0 Å². The lowest BCUT2D eigenvalue weighted by Crippen LogP contribution is -2.57. The zero-order valence-electron chi connectivity index (χ0n) is 17.0. The minimum absolute atomic E-state index is 0.0928. The van der Waals surface area contributed by atoms with Crippen molar-refractivity contribution in [2.45, 2.75) is 50.2 Å². The number of phenolic OH excluding ortho intramolecular Hbond substituents is 1. The number of carbonyl (C=O) groups excluding carboxylic acids is 1. The molecule has 0 radical (unpaired) electrons. The summed E-state index contributed by atoms with van der Waals surface area (Å²) < 4.78 is 26.8. The monoisotopic (exact) mass is 482 g/mol. The van der Waals surface area contributed by atoms with Crippen molar-refractivity contribution < 1.29 is 18.3 Å². The minimum atomic E-state index is -3.44. The van der Waals surface area contributed by atoms with Crippen molar-refractivity contribution >= 4 is 39.1 Å². The zero-order valence-corrected chi connectivity index (χ0v) is 19.3. The summed E-state index contributed by atoms with van der Waals surface area (Å²) in [5, 5.41) is 10.9. The van der Waals surface area contributed by atoms with Crippen molar-refractivity contribution in [2.24, 2.45) is 0 Å². The maximum absolute atomic E-state index is 13.7. The first-order valence-electron chi connectivity index (χ1n) is 10.2. The molecule has 2 aromatic rings. The lowest BCUT2D eigenvalue weighted by atomic mass is 9.83. The fraction of sp³-hybridized carbons (Fsp3) is 0.409. The second-order valence-corrected chi connectivity index (χ2v) is 10.9. The lowest BCUT2D eigenvalue weighted by Gasteiger charge is -2.46. The number of hydrogen-bond acceptors (Lipinski definition) is 4. The Labute approximate surface area is 192 Å². The van der Waals surface area contributed by atoms with E-state index in [4.69, 9.17) is 23.2 Å². The molecule has 1 heterocycles. The molecule has 1 saturated carbocycles. The van der Waals surface area contributed by atoms with Gasteiger partial charge in [-0.1, -0.05) is 42.1 Å². The molecule has 9 heteroatoms. The summed E-state index contributed by atoms with van der Waals surface area (Å²) in [5.41, 5.74) is 2.00. The van der Waals surface area contributed by atoms with Gasteiger partial charge in [-0.05, 0) is 60.7 Å². The zero-order chi connectivity index (χ0) is 22.3. The lowest BCUT2D eigenvalue weighted by molar-refractivity contribution is 0.0421. The summed E-state index contributed by atoms with van der Waals surface area (Å²) in [4.78, 5) is 15.5. The van der Waals surface area contributed by atoms with Crippen LogP contribution in [0.25, 0.3) is 0 Å². The van der Waals surface area contributed by atoms with Crippen molar-refractivity contribution in [1.82, 2.24) is 9.62 Å². The average molecular weight is 483 g/mol. The van der Waals surface area contributed by atoms with E-state index in [1.54, 1.807) is 29.2 Å². The maximum atomic E-state index is 13.7. The van der Waals surface area contributed by atoms with E-state index in [9.17, 15) is 18.3 Å². The number of carbonyl (C=O) groups is 1. The number of nitrogens with zero attached hydrogens (tertiary/aromatic N) is 1. The van der Waals surface area contributed by atoms with E-state index in [1.807, 2.05) is 6.07 Å². The average Bonchev–Trinajstić information content (AvgIpc) is 2.67. The Hall–Kier alpha value is -1.80. The van der Waals surface area contributed by atoms with Crippen LogP contribution < -0.4 is 4.72 Å². The highest BCUT2D eigenvalue weighted by Crippen LogP contribution is 2.41. The van der Waals surface area contributed by atoms with E-state index in [2.05, 4.69) is 4.72 Å². The van der Waals surface area contributed by atoms with Crippen LogP contribution in [0.1, 0.15) is 53.2 Å². The van der Waals surface area contributed by atoms with Crippen molar-refractivity contribution in [1.29, 1.82) is 0 Å². The van der Waals surface area contributed by atoms with Gasteiger partial charge < -0.3 is 10.0 Å². The Morgan fingerprint density at radius 1 is 1.10 bits per heavy atom. The van der Waals surface area contributed by atoms with Gasteiger partial charge in [0.05, 0.1) is 12.3 Å². The quantitative estimate of drug-likeness (QED) is 0.679. The van der Waals surface area contributed by atoms with E-state index in [1.165, 1.54) is 6.07 Å². The number of nitrogens with one attached hydrogen (secondary N) is 1. The molecule has 1 aliphatic heterocycles. The van der Waals surface area contributed by atoms with Crippen LogP contribution in [0, 0.1) is 0 Å². The van der Waals surface area contributed by atoms with Gasteiger partial charge in [-0.25, -0.2) is 13.1 Å². The topological polar surface area (TPSA) is 86.7 Å². The molecule has 0 bridgehead atoms. The van der Waals surface area contributed by atoms with Crippen LogP contribution in [0.2, 0.25) is 10.0 Å². The number of aromatic hydroxyl groups is 1. The van der Waals surface area contributed by atoms with Gasteiger partial charge in [0.1, 0.15) is 5.75 Å². The van der Waals surface area contributed by atoms with Crippen molar-refractivity contribution in [2.75, 3.05) is 6.26 Å². The van der Waals surface area contributed by atoms with E-state index in [-0.39, 0.29) is 23.7 Å². The molecule has 4 rings (SSSR count). The summed E-state index contributed by atoms with van der Waals surface area (Å²) in [5.74, 6) is -0.0975. The summed E-state index contributed by atoms with van der Waals surface area (Å²) in [7, 11) is -3.44. The smallest absolute Gasteiger partial charge is 0.254 e. The van der Waals surface area contributed by atoms with Gasteiger partial charge in [-0.3, -0.25) is 4.79 Å². The third-order valence-corrected chi connectivity index (χ3v) is 7.37. The van der Waals surface area contributed by atoms with Gasteiger partial charge in [0, 0.05) is 27.7 Å². The third-order valence-electron chi connectivity index (χ3n) is 6.08. The standard InChI is InChI=1S/C22H24Cl2N2O4S/c1-31(29,30)25-19-4-2-3-5-20(19)26-21(17-8-6-14(23)12-18(17)24)11-13-10-15(27)7-9-16(13)22(26)28/h6-10,12,19-21,25,27H,2-5,11H2,1H3/t19-,20-,21+/m0/s1. The van der Waals surface area contributed by atoms with Gasteiger partial charge in [-0.2, -0.15) is 0 Å². The van der Waals surface area contributed by atoms with Crippen molar-refractivity contribution in [3.05, 3.63) is 63.1 Å². The molecule has 0 aromatic heterocycles. The van der Waals surface area contributed by atoms with Gasteiger partial charge >= 0.3 is 0 Å². The van der Waals surface area contributed by atoms with Crippen LogP contribution in [-0.2, 0) is 16.4 Å². The van der Waals surface area contributed by atoms with Gasteiger partial charge in [-0.15, -0.1) is 0 Å². The summed E-state index contributed by atoms with van der Waals surface area (Å²) in [6.45, 7) is 0. The highest BCUT2D eigenvalue weighted by Gasteiger charge is 2.42.